The highest BCUT2D eigenvalue weighted by Gasteiger charge is 2.12. The molecule has 0 radical (unpaired) electrons. The van der Waals surface area contributed by atoms with Crippen LogP contribution >= 0.6 is 0 Å². The molecule has 1 fully saturated rings. The zero-order chi connectivity index (χ0) is 14.5. The van der Waals surface area contributed by atoms with Gasteiger partial charge in [-0.15, -0.1) is 0 Å². The summed E-state index contributed by atoms with van der Waals surface area (Å²) >= 11 is 0. The molecule has 3 rings (SSSR count). The first-order valence-electron chi connectivity index (χ1n) is 7.46. The molecular weight excluding hydrogens is 264 g/mol. The lowest BCUT2D eigenvalue weighted by molar-refractivity contribution is 0.0381. The number of aromatic nitrogens is 2. The highest BCUT2D eigenvalue weighted by Crippen LogP contribution is 2.13. The fraction of sp³-hybridized carbons (Fsp3) is 0.438. The number of rotatable bonds is 5. The zero-order valence-electron chi connectivity index (χ0n) is 12.2. The van der Waals surface area contributed by atoms with Gasteiger partial charge in [-0.2, -0.15) is 0 Å². The third kappa shape index (κ3) is 3.62. The molecule has 1 aliphatic heterocycles. The summed E-state index contributed by atoms with van der Waals surface area (Å²) in [4.78, 5) is 6.92. The Bertz CT molecular complexity index is 575. The predicted molar refractivity (Wildman–Crippen MR) is 83.1 cm³/mol. The van der Waals surface area contributed by atoms with Crippen LogP contribution in [0.1, 0.15) is 11.4 Å². The van der Waals surface area contributed by atoms with Crippen LogP contribution in [0.25, 0.3) is 0 Å². The summed E-state index contributed by atoms with van der Waals surface area (Å²) in [6.45, 7) is 5.54. The molecule has 2 N–H and O–H groups in total. The van der Waals surface area contributed by atoms with Gasteiger partial charge in [-0.3, -0.25) is 4.90 Å². The van der Waals surface area contributed by atoms with Crippen molar-refractivity contribution in [3.8, 4) is 0 Å². The summed E-state index contributed by atoms with van der Waals surface area (Å²) in [6, 6.07) is 8.00. The van der Waals surface area contributed by atoms with Gasteiger partial charge in [-0.05, 0) is 11.6 Å². The van der Waals surface area contributed by atoms with Gasteiger partial charge in [-0.1, -0.05) is 18.2 Å². The number of hydrogen-bond donors (Lipinski definition) is 1. The monoisotopic (exact) mass is 286 g/mol. The summed E-state index contributed by atoms with van der Waals surface area (Å²) in [7, 11) is 0. The van der Waals surface area contributed by atoms with Crippen LogP contribution in [0.5, 0.6) is 0 Å². The van der Waals surface area contributed by atoms with Crippen molar-refractivity contribution in [1.82, 2.24) is 14.5 Å². The second kappa shape index (κ2) is 6.74. The smallest absolute Gasteiger partial charge is 0.110 e. The van der Waals surface area contributed by atoms with Crippen molar-refractivity contribution in [2.75, 3.05) is 38.6 Å². The van der Waals surface area contributed by atoms with E-state index in [1.807, 2.05) is 30.6 Å². The van der Waals surface area contributed by atoms with Crippen molar-refractivity contribution < 1.29 is 4.74 Å². The molecule has 0 atom stereocenters. The van der Waals surface area contributed by atoms with Crippen molar-refractivity contribution in [1.29, 1.82) is 0 Å². The maximum atomic E-state index is 6.02. The van der Waals surface area contributed by atoms with E-state index in [0.717, 1.165) is 62.9 Å². The molecule has 0 unspecified atom stereocenters. The van der Waals surface area contributed by atoms with Crippen LogP contribution in [0.3, 0.4) is 0 Å². The van der Waals surface area contributed by atoms with Crippen LogP contribution in [0.2, 0.25) is 0 Å². The summed E-state index contributed by atoms with van der Waals surface area (Å²) in [6.07, 6.45) is 4.86. The molecule has 0 saturated carbocycles. The standard InChI is InChI=1S/C16H22N4O/c17-15-4-2-1-3-14(15)13-20-8-6-18-16(20)5-7-19-9-11-21-12-10-19/h1-4,6,8H,5,7,9-13,17H2. The van der Waals surface area contributed by atoms with E-state index in [-0.39, 0.29) is 0 Å². The van der Waals surface area contributed by atoms with Gasteiger partial charge in [0.15, 0.2) is 0 Å². The first-order chi connectivity index (χ1) is 10.3. The zero-order valence-corrected chi connectivity index (χ0v) is 12.2. The molecule has 1 aromatic heterocycles. The van der Waals surface area contributed by atoms with Gasteiger partial charge in [0.1, 0.15) is 5.82 Å². The molecule has 0 aliphatic carbocycles. The van der Waals surface area contributed by atoms with Gasteiger partial charge < -0.3 is 15.0 Å². The first kappa shape index (κ1) is 14.1. The van der Waals surface area contributed by atoms with Crippen molar-refractivity contribution >= 4 is 5.69 Å². The Morgan fingerprint density at radius 2 is 2.00 bits per heavy atom. The third-order valence-corrected chi connectivity index (χ3v) is 3.95. The van der Waals surface area contributed by atoms with E-state index in [4.69, 9.17) is 10.5 Å². The fourth-order valence-electron chi connectivity index (χ4n) is 2.66. The molecule has 1 aromatic carbocycles. The molecule has 2 heterocycles. The number of benzene rings is 1. The number of nitrogens with zero attached hydrogens (tertiary/aromatic N) is 3. The highest BCUT2D eigenvalue weighted by molar-refractivity contribution is 5.46. The lowest BCUT2D eigenvalue weighted by Crippen LogP contribution is -2.37. The molecule has 2 aromatic rings. The van der Waals surface area contributed by atoms with Crippen molar-refractivity contribution in [3.63, 3.8) is 0 Å². The Labute approximate surface area is 125 Å². The summed E-state index contributed by atoms with van der Waals surface area (Å²) in [5, 5.41) is 0. The molecule has 21 heavy (non-hydrogen) atoms. The lowest BCUT2D eigenvalue weighted by Gasteiger charge is -2.26. The van der Waals surface area contributed by atoms with E-state index < -0.39 is 0 Å². The maximum absolute atomic E-state index is 6.02. The second-order valence-electron chi connectivity index (χ2n) is 5.37. The van der Waals surface area contributed by atoms with Gasteiger partial charge in [0.25, 0.3) is 0 Å². The molecule has 0 bridgehead atoms. The average molecular weight is 286 g/mol. The summed E-state index contributed by atoms with van der Waals surface area (Å²) < 4.78 is 7.56. The van der Waals surface area contributed by atoms with Crippen LogP contribution < -0.4 is 5.73 Å². The predicted octanol–water partition coefficient (Wildman–Crippen LogP) is 1.39. The number of imidazole rings is 1. The molecule has 1 aliphatic rings. The number of morpholine rings is 1. The normalized spacial score (nSPS) is 16.2. The molecular formula is C16H22N4O. The molecule has 1 saturated heterocycles. The Balaban J connectivity index is 1.62. The highest BCUT2D eigenvalue weighted by atomic mass is 16.5. The van der Waals surface area contributed by atoms with Gasteiger partial charge in [0, 0.05) is 44.1 Å². The minimum absolute atomic E-state index is 0.783. The maximum Gasteiger partial charge on any atom is 0.110 e. The second-order valence-corrected chi connectivity index (χ2v) is 5.37. The SMILES string of the molecule is Nc1ccccc1Cn1ccnc1CCN1CCOCC1. The van der Waals surface area contributed by atoms with E-state index in [2.05, 4.69) is 20.5 Å². The van der Waals surface area contributed by atoms with E-state index >= 15 is 0 Å². The van der Waals surface area contributed by atoms with E-state index in [0.29, 0.717) is 0 Å². The van der Waals surface area contributed by atoms with Crippen molar-refractivity contribution in [3.05, 3.63) is 48.0 Å². The number of hydrogen-bond acceptors (Lipinski definition) is 4. The number of anilines is 1. The van der Waals surface area contributed by atoms with E-state index in [1.165, 1.54) is 0 Å². The van der Waals surface area contributed by atoms with E-state index in [1.54, 1.807) is 0 Å². The molecule has 5 nitrogen and oxygen atoms in total. The lowest BCUT2D eigenvalue weighted by atomic mass is 10.2. The van der Waals surface area contributed by atoms with Crippen molar-refractivity contribution in [2.45, 2.75) is 13.0 Å². The Kier molecular flexibility index (Phi) is 4.52. The molecule has 5 heteroatoms. The Morgan fingerprint density at radius 3 is 2.81 bits per heavy atom. The third-order valence-electron chi connectivity index (χ3n) is 3.95. The van der Waals surface area contributed by atoms with Crippen LogP contribution in [0, 0.1) is 0 Å². The van der Waals surface area contributed by atoms with Gasteiger partial charge >= 0.3 is 0 Å². The van der Waals surface area contributed by atoms with Crippen LogP contribution in [0.15, 0.2) is 36.7 Å². The summed E-state index contributed by atoms with van der Waals surface area (Å²) in [5.74, 6) is 1.12. The van der Waals surface area contributed by atoms with Crippen LogP contribution in [0.4, 0.5) is 5.69 Å². The molecule has 112 valence electrons. The Morgan fingerprint density at radius 1 is 1.19 bits per heavy atom. The number of ether oxygens (including phenoxy) is 1. The average Bonchev–Trinajstić information content (AvgIpc) is 2.96. The topological polar surface area (TPSA) is 56.3 Å². The van der Waals surface area contributed by atoms with Gasteiger partial charge in [-0.25, -0.2) is 4.98 Å². The van der Waals surface area contributed by atoms with Gasteiger partial charge in [0.05, 0.1) is 19.8 Å². The molecule has 0 amide bonds. The number of nitrogens with two attached hydrogens (primary N) is 1. The van der Waals surface area contributed by atoms with Crippen molar-refractivity contribution in [2.24, 2.45) is 0 Å². The minimum atomic E-state index is 0.783. The minimum Gasteiger partial charge on any atom is -0.398 e. The summed E-state index contributed by atoms with van der Waals surface area (Å²) in [5.41, 5.74) is 8.00. The fourth-order valence-corrected chi connectivity index (χ4v) is 2.66. The first-order valence-corrected chi connectivity index (χ1v) is 7.46. The van der Waals surface area contributed by atoms with E-state index in [9.17, 15) is 0 Å². The Hall–Kier alpha value is -1.85. The van der Waals surface area contributed by atoms with Gasteiger partial charge in [0.2, 0.25) is 0 Å². The largest absolute Gasteiger partial charge is 0.398 e. The molecule has 0 spiro atoms. The number of para-hydroxylation sites is 1. The quantitative estimate of drug-likeness (QED) is 0.844. The number of nitrogen functional groups attached to an aromatic ring is 1. The van der Waals surface area contributed by atoms with Crippen LogP contribution in [-0.2, 0) is 17.7 Å². The van der Waals surface area contributed by atoms with Crippen LogP contribution in [-0.4, -0.2) is 47.3 Å².